The Labute approximate surface area is 113 Å². The van der Waals surface area contributed by atoms with Gasteiger partial charge in [-0.05, 0) is 30.2 Å². The van der Waals surface area contributed by atoms with Crippen LogP contribution < -0.4 is 0 Å². The van der Waals surface area contributed by atoms with Crippen molar-refractivity contribution >= 4 is 0 Å². The summed E-state index contributed by atoms with van der Waals surface area (Å²) in [5.74, 6) is 4.81. The van der Waals surface area contributed by atoms with Crippen molar-refractivity contribution in [2.24, 2.45) is 0 Å². The molecule has 0 aromatic heterocycles. The normalized spacial score (nSPS) is 10.1. The monoisotopic (exact) mass is 266 g/mol. The highest BCUT2D eigenvalue weighted by atomic mass is 19.1. The Hall–Kier alpha value is -1.41. The molecule has 0 amide bonds. The van der Waals surface area contributed by atoms with Gasteiger partial charge in [-0.1, -0.05) is 18.8 Å². The lowest BCUT2D eigenvalue weighted by Crippen LogP contribution is -2.05. The second-order valence-electron chi connectivity index (χ2n) is 3.97. The van der Waals surface area contributed by atoms with Crippen LogP contribution in [0.1, 0.15) is 24.5 Å². The number of rotatable bonds is 7. The molecule has 3 nitrogen and oxygen atoms in total. The van der Waals surface area contributed by atoms with Crippen molar-refractivity contribution in [3.8, 4) is 11.8 Å². The van der Waals surface area contributed by atoms with Crippen LogP contribution in [0, 0.1) is 17.7 Å². The molecule has 19 heavy (non-hydrogen) atoms. The Morgan fingerprint density at radius 2 is 1.95 bits per heavy atom. The topological polar surface area (TPSA) is 38.7 Å². The first-order valence-corrected chi connectivity index (χ1v) is 6.31. The third-order valence-electron chi connectivity index (χ3n) is 2.26. The summed E-state index contributed by atoms with van der Waals surface area (Å²) in [5, 5.41) is 8.60. The Kier molecular flexibility index (Phi) is 7.83. The fourth-order valence-electron chi connectivity index (χ4n) is 1.50. The summed E-state index contributed by atoms with van der Waals surface area (Å²) in [6.45, 7) is 3.87. The molecule has 0 atom stereocenters. The summed E-state index contributed by atoms with van der Waals surface area (Å²) in [5.41, 5.74) is 1.26. The minimum Gasteiger partial charge on any atom is -0.384 e. The van der Waals surface area contributed by atoms with E-state index in [0.29, 0.717) is 25.4 Å². The predicted molar refractivity (Wildman–Crippen MR) is 71.1 cm³/mol. The summed E-state index contributed by atoms with van der Waals surface area (Å²) >= 11 is 0. The molecule has 0 heterocycles. The van der Waals surface area contributed by atoms with Crippen molar-refractivity contribution in [3.05, 3.63) is 35.1 Å². The average Bonchev–Trinajstić information content (AvgIpc) is 2.40. The summed E-state index contributed by atoms with van der Waals surface area (Å²) in [6, 6.07) is 4.49. The van der Waals surface area contributed by atoms with Gasteiger partial charge in [0.2, 0.25) is 0 Å². The lowest BCUT2D eigenvalue weighted by Gasteiger charge is -2.06. The van der Waals surface area contributed by atoms with Gasteiger partial charge in [0, 0.05) is 12.2 Å². The van der Waals surface area contributed by atoms with Crippen LogP contribution in [0.15, 0.2) is 18.2 Å². The number of hydrogen-bond acceptors (Lipinski definition) is 3. The Morgan fingerprint density at radius 1 is 1.16 bits per heavy atom. The Balaban J connectivity index is 2.42. The zero-order valence-corrected chi connectivity index (χ0v) is 11.1. The molecule has 1 aromatic carbocycles. The molecule has 0 unspecified atom stereocenters. The first-order chi connectivity index (χ1) is 9.26. The van der Waals surface area contributed by atoms with Crippen molar-refractivity contribution in [1.82, 2.24) is 0 Å². The predicted octanol–water partition coefficient (Wildman–Crippen LogP) is 2.11. The van der Waals surface area contributed by atoms with Crippen LogP contribution in [0.4, 0.5) is 4.39 Å². The maximum atomic E-state index is 13.3. The summed E-state index contributed by atoms with van der Waals surface area (Å²) in [7, 11) is 0. The number of aliphatic hydroxyl groups excluding tert-OH is 1. The SMILES string of the molecule is CCCOCCOCc1cc(F)cc(C#CCO)c1. The molecule has 104 valence electrons. The first-order valence-electron chi connectivity index (χ1n) is 6.31. The molecular formula is C15H19FO3. The standard InChI is InChI=1S/C15H19FO3/c1-2-6-18-7-8-19-12-14-9-13(4-3-5-17)10-15(16)11-14/h9-11,17H,2,5-8,12H2,1H3. The first kappa shape index (κ1) is 15.6. The van der Waals surface area contributed by atoms with E-state index < -0.39 is 0 Å². The number of halogens is 1. The van der Waals surface area contributed by atoms with Gasteiger partial charge in [-0.2, -0.15) is 0 Å². The molecule has 1 rings (SSSR count). The smallest absolute Gasteiger partial charge is 0.124 e. The highest BCUT2D eigenvalue weighted by Gasteiger charge is 2.00. The van der Waals surface area contributed by atoms with Crippen LogP contribution in [0.2, 0.25) is 0 Å². The van der Waals surface area contributed by atoms with Crippen LogP contribution in [0.5, 0.6) is 0 Å². The third-order valence-corrected chi connectivity index (χ3v) is 2.26. The van der Waals surface area contributed by atoms with Crippen molar-refractivity contribution in [2.75, 3.05) is 26.4 Å². The van der Waals surface area contributed by atoms with Crippen LogP contribution in [0.25, 0.3) is 0 Å². The van der Waals surface area contributed by atoms with Crippen molar-refractivity contribution in [1.29, 1.82) is 0 Å². The van der Waals surface area contributed by atoms with Crippen LogP contribution >= 0.6 is 0 Å². The Bertz CT molecular complexity index is 435. The highest BCUT2D eigenvalue weighted by molar-refractivity contribution is 5.37. The van der Waals surface area contributed by atoms with Gasteiger partial charge in [-0.3, -0.25) is 0 Å². The van der Waals surface area contributed by atoms with E-state index in [2.05, 4.69) is 11.8 Å². The number of aliphatic hydroxyl groups is 1. The van der Waals surface area contributed by atoms with E-state index in [4.69, 9.17) is 14.6 Å². The second-order valence-corrected chi connectivity index (χ2v) is 3.97. The lowest BCUT2D eigenvalue weighted by atomic mass is 10.1. The van der Waals surface area contributed by atoms with Gasteiger partial charge in [0.1, 0.15) is 12.4 Å². The number of hydrogen-bond donors (Lipinski definition) is 1. The van der Waals surface area contributed by atoms with Crippen LogP contribution in [-0.4, -0.2) is 31.5 Å². The van der Waals surface area contributed by atoms with Gasteiger partial charge in [0.25, 0.3) is 0 Å². The fourth-order valence-corrected chi connectivity index (χ4v) is 1.50. The lowest BCUT2D eigenvalue weighted by molar-refractivity contribution is 0.0407. The number of ether oxygens (including phenoxy) is 2. The maximum absolute atomic E-state index is 13.3. The summed E-state index contributed by atoms with van der Waals surface area (Å²) in [6.07, 6.45) is 0.983. The van der Waals surface area contributed by atoms with E-state index in [0.717, 1.165) is 18.6 Å². The average molecular weight is 266 g/mol. The van der Waals surface area contributed by atoms with Gasteiger partial charge < -0.3 is 14.6 Å². The molecule has 0 aliphatic rings. The molecule has 0 radical (unpaired) electrons. The molecule has 0 saturated carbocycles. The molecular weight excluding hydrogens is 247 g/mol. The molecule has 1 aromatic rings. The van der Waals surface area contributed by atoms with Gasteiger partial charge in [-0.15, -0.1) is 0 Å². The molecule has 0 fully saturated rings. The van der Waals surface area contributed by atoms with E-state index in [-0.39, 0.29) is 12.4 Å². The molecule has 0 aliphatic carbocycles. The van der Waals surface area contributed by atoms with Gasteiger partial charge in [0.15, 0.2) is 0 Å². The molecule has 0 saturated heterocycles. The van der Waals surface area contributed by atoms with Crippen molar-refractivity contribution in [2.45, 2.75) is 20.0 Å². The van der Waals surface area contributed by atoms with Crippen molar-refractivity contribution in [3.63, 3.8) is 0 Å². The van der Waals surface area contributed by atoms with Gasteiger partial charge >= 0.3 is 0 Å². The Morgan fingerprint density at radius 3 is 2.68 bits per heavy atom. The van der Waals surface area contributed by atoms with E-state index in [1.807, 2.05) is 6.92 Å². The van der Waals surface area contributed by atoms with Crippen molar-refractivity contribution < 1.29 is 19.0 Å². The van der Waals surface area contributed by atoms with Gasteiger partial charge in [-0.25, -0.2) is 4.39 Å². The minimum atomic E-state index is -0.356. The van der Waals surface area contributed by atoms with E-state index >= 15 is 0 Å². The second kappa shape index (κ2) is 9.51. The summed E-state index contributed by atoms with van der Waals surface area (Å²) in [4.78, 5) is 0. The molecule has 0 spiro atoms. The largest absolute Gasteiger partial charge is 0.384 e. The number of benzene rings is 1. The third kappa shape index (κ3) is 6.92. The van der Waals surface area contributed by atoms with Crippen LogP contribution in [-0.2, 0) is 16.1 Å². The molecule has 0 bridgehead atoms. The van der Waals surface area contributed by atoms with E-state index in [9.17, 15) is 4.39 Å². The van der Waals surface area contributed by atoms with Gasteiger partial charge in [0.05, 0.1) is 19.8 Å². The summed E-state index contributed by atoms with van der Waals surface area (Å²) < 4.78 is 24.0. The van der Waals surface area contributed by atoms with E-state index in [1.165, 1.54) is 12.1 Å². The minimum absolute atomic E-state index is 0.239. The zero-order chi connectivity index (χ0) is 13.9. The van der Waals surface area contributed by atoms with E-state index in [1.54, 1.807) is 6.07 Å². The fraction of sp³-hybridized carbons (Fsp3) is 0.467. The zero-order valence-electron chi connectivity index (χ0n) is 11.1. The quantitative estimate of drug-likeness (QED) is 0.607. The van der Waals surface area contributed by atoms with Crippen LogP contribution in [0.3, 0.4) is 0 Å². The molecule has 4 heteroatoms. The molecule has 1 N–H and O–H groups in total. The highest BCUT2D eigenvalue weighted by Crippen LogP contribution is 2.09. The maximum Gasteiger partial charge on any atom is 0.124 e. The molecule has 0 aliphatic heterocycles.